The van der Waals surface area contributed by atoms with Crippen molar-refractivity contribution in [1.82, 2.24) is 0 Å². The topological polar surface area (TPSA) is 93.2 Å². The zero-order chi connectivity index (χ0) is 3.58. The van der Waals surface area contributed by atoms with Crippen molar-refractivity contribution in [1.29, 1.82) is 0 Å². The molecule has 0 aromatic rings. The van der Waals surface area contributed by atoms with Crippen molar-refractivity contribution in [3.63, 3.8) is 0 Å². The van der Waals surface area contributed by atoms with Gasteiger partial charge in [0.25, 0.3) is 8.25 Å². The van der Waals surface area contributed by atoms with Crippen LogP contribution in [-0.4, -0.2) is 60.6 Å². The summed E-state index contributed by atoms with van der Waals surface area (Å²) in [4.78, 5) is 17.0. The van der Waals surface area contributed by atoms with Gasteiger partial charge in [0.15, 0.2) is 0 Å². The van der Waals surface area contributed by atoms with Gasteiger partial charge >= 0.3 is 0 Å². The molecule has 0 heterocycles. The van der Waals surface area contributed by atoms with Gasteiger partial charge in [-0.15, -0.1) is 0 Å². The van der Waals surface area contributed by atoms with Gasteiger partial charge in [-0.05, 0) is 0 Å². The Bertz CT molecular complexity index is 34.7. The molecule has 37 valence electrons. The molecule has 4 nitrogen and oxygen atoms in total. The summed E-state index contributed by atoms with van der Waals surface area (Å²) in [7, 11) is -3.37. The number of hydrogen-bond acceptors (Lipinski definition) is 4. The minimum absolute atomic E-state index is 0. The first-order valence-corrected chi connectivity index (χ1v) is 1.64. The maximum absolute atomic E-state index is 8.48. The first kappa shape index (κ1) is 23.3. The van der Waals surface area contributed by atoms with Crippen molar-refractivity contribution in [2.75, 3.05) is 0 Å². The SMILES string of the molecule is O=[P+]([O-])[O-].[Al].[Ca].[OH-]. The molecule has 1 N–H and O–H groups in total. The Balaban J connectivity index is -0.0000000150. The van der Waals surface area contributed by atoms with Crippen LogP contribution in [0.4, 0.5) is 0 Å². The fraction of sp³-hybridized carbons (Fsp3) is 0. The van der Waals surface area contributed by atoms with E-state index in [2.05, 4.69) is 0 Å². The molecule has 0 aliphatic rings. The fourth-order valence-electron chi connectivity index (χ4n) is 0. The quantitative estimate of drug-likeness (QED) is 0.289. The summed E-state index contributed by atoms with van der Waals surface area (Å²) in [5, 5.41) is 0. The fourth-order valence-corrected chi connectivity index (χ4v) is 0. The van der Waals surface area contributed by atoms with Crippen LogP contribution in [-0.2, 0) is 4.57 Å². The summed E-state index contributed by atoms with van der Waals surface area (Å²) < 4.78 is 8.48. The molecule has 0 saturated heterocycles. The van der Waals surface area contributed by atoms with E-state index in [1.54, 1.807) is 0 Å². The van der Waals surface area contributed by atoms with Crippen molar-refractivity contribution in [3.05, 3.63) is 0 Å². The van der Waals surface area contributed by atoms with Gasteiger partial charge in [0.1, 0.15) is 0 Å². The van der Waals surface area contributed by atoms with Gasteiger partial charge in [-0.1, -0.05) is 4.57 Å². The summed E-state index contributed by atoms with van der Waals surface area (Å²) in [5.74, 6) is 0. The van der Waals surface area contributed by atoms with E-state index in [4.69, 9.17) is 14.4 Å². The van der Waals surface area contributed by atoms with Gasteiger partial charge in [-0.2, -0.15) is 0 Å². The molecule has 7 heteroatoms. The summed E-state index contributed by atoms with van der Waals surface area (Å²) in [6.45, 7) is 0. The summed E-state index contributed by atoms with van der Waals surface area (Å²) in [5.41, 5.74) is 0. The standard InChI is InChI=1S/Al.Ca.HO3P.H2O/c;;1-4(2)3;/h;;(H,1,2,3);1H2/p-2. The zero-order valence-electron chi connectivity index (χ0n) is 3.40. The monoisotopic (exact) mass is 163 g/mol. The second-order valence-electron chi connectivity index (χ2n) is 0.224. The van der Waals surface area contributed by atoms with E-state index in [9.17, 15) is 0 Å². The molecule has 0 aromatic carbocycles. The molecule has 0 aromatic heterocycles. The zero-order valence-corrected chi connectivity index (χ0v) is 7.66. The predicted molar refractivity (Wildman–Crippen MR) is 21.1 cm³/mol. The summed E-state index contributed by atoms with van der Waals surface area (Å²) in [6.07, 6.45) is 0. The van der Waals surface area contributed by atoms with E-state index in [0.29, 0.717) is 0 Å². The second kappa shape index (κ2) is 15.7. The minimum Gasteiger partial charge on any atom is -0.870 e. The average Bonchev–Trinajstić information content (AvgIpc) is 0.811. The minimum atomic E-state index is -3.37. The molecule has 0 saturated carbocycles. The smallest absolute Gasteiger partial charge is 0.276 e. The Morgan fingerprint density at radius 3 is 1.29 bits per heavy atom. The molecule has 0 atom stereocenters. The van der Waals surface area contributed by atoms with Crippen molar-refractivity contribution < 1.29 is 19.8 Å². The van der Waals surface area contributed by atoms with Crippen LogP contribution in [0, 0.1) is 0 Å². The maximum Gasteiger partial charge on any atom is 0.276 e. The van der Waals surface area contributed by atoms with Crippen molar-refractivity contribution in [3.8, 4) is 0 Å². The van der Waals surface area contributed by atoms with E-state index in [0.717, 1.165) is 0 Å². The predicted octanol–water partition coefficient (Wildman–Crippen LogP) is -2.57. The van der Waals surface area contributed by atoms with Crippen LogP contribution in [0.1, 0.15) is 0 Å². The molecule has 0 spiro atoms. The molecular weight excluding hydrogens is 162 g/mol. The Morgan fingerprint density at radius 2 is 1.29 bits per heavy atom. The van der Waals surface area contributed by atoms with Crippen LogP contribution in [0.25, 0.3) is 0 Å². The molecular formula is HAlCaO4P-2. The van der Waals surface area contributed by atoms with Crippen LogP contribution in [0.15, 0.2) is 0 Å². The Hall–Kier alpha value is 1.77. The Labute approximate surface area is 82.3 Å². The van der Waals surface area contributed by atoms with Crippen LogP contribution in [0.2, 0.25) is 0 Å². The molecule has 0 aliphatic heterocycles. The van der Waals surface area contributed by atoms with Gasteiger partial charge in [0.2, 0.25) is 0 Å². The largest absolute Gasteiger partial charge is 0.870 e. The molecule has 0 unspecified atom stereocenters. The van der Waals surface area contributed by atoms with E-state index in [1.807, 2.05) is 0 Å². The van der Waals surface area contributed by atoms with E-state index >= 15 is 0 Å². The molecule has 0 bridgehead atoms. The molecule has 5 radical (unpaired) electrons. The van der Waals surface area contributed by atoms with Gasteiger partial charge in [-0.3, -0.25) is 0 Å². The van der Waals surface area contributed by atoms with Crippen LogP contribution >= 0.6 is 8.25 Å². The van der Waals surface area contributed by atoms with Crippen molar-refractivity contribution in [2.45, 2.75) is 0 Å². The van der Waals surface area contributed by atoms with Gasteiger partial charge in [0, 0.05) is 55.1 Å². The normalized spacial score (nSPS) is 3.71. The van der Waals surface area contributed by atoms with Gasteiger partial charge < -0.3 is 15.3 Å². The second-order valence-corrected chi connectivity index (χ2v) is 0.671. The van der Waals surface area contributed by atoms with Gasteiger partial charge in [0.05, 0.1) is 0 Å². The number of hydrogen-bond donors (Lipinski definition) is 0. The maximum atomic E-state index is 8.48. The van der Waals surface area contributed by atoms with E-state index in [1.165, 1.54) is 0 Å². The molecule has 0 aliphatic carbocycles. The third-order valence-corrected chi connectivity index (χ3v) is 0. The molecule has 7 heavy (non-hydrogen) atoms. The first-order chi connectivity index (χ1) is 1.73. The number of rotatable bonds is 0. The Kier molecular flexibility index (Phi) is 52.0. The van der Waals surface area contributed by atoms with E-state index < -0.39 is 8.25 Å². The van der Waals surface area contributed by atoms with Crippen LogP contribution < -0.4 is 9.79 Å². The third-order valence-electron chi connectivity index (χ3n) is 0. The molecule has 0 amide bonds. The summed E-state index contributed by atoms with van der Waals surface area (Å²) in [6, 6.07) is 0. The first-order valence-electron chi connectivity index (χ1n) is 0.548. The molecule has 0 rings (SSSR count). The van der Waals surface area contributed by atoms with Crippen molar-refractivity contribution in [2.24, 2.45) is 0 Å². The van der Waals surface area contributed by atoms with Gasteiger partial charge in [-0.25, -0.2) is 0 Å². The van der Waals surface area contributed by atoms with E-state index in [-0.39, 0.29) is 60.6 Å². The molecule has 0 fully saturated rings. The summed E-state index contributed by atoms with van der Waals surface area (Å²) >= 11 is 0. The van der Waals surface area contributed by atoms with Crippen molar-refractivity contribution >= 4 is 63.4 Å². The average molecular weight is 163 g/mol. The van der Waals surface area contributed by atoms with Crippen LogP contribution in [0.5, 0.6) is 0 Å². The third kappa shape index (κ3) is 82.5. The Morgan fingerprint density at radius 1 is 1.29 bits per heavy atom. The van der Waals surface area contributed by atoms with Crippen LogP contribution in [0.3, 0.4) is 0 Å².